The third kappa shape index (κ3) is 5.48. The van der Waals surface area contributed by atoms with Crippen molar-refractivity contribution in [1.82, 2.24) is 19.4 Å². The number of rotatable bonds is 8. The molecule has 40 heavy (non-hydrogen) atoms. The van der Waals surface area contributed by atoms with Crippen LogP contribution in [0.4, 0.5) is 10.5 Å². The lowest BCUT2D eigenvalue weighted by atomic mass is 9.90. The first-order chi connectivity index (χ1) is 19.3. The van der Waals surface area contributed by atoms with Crippen LogP contribution >= 0.6 is 0 Å². The summed E-state index contributed by atoms with van der Waals surface area (Å²) in [4.78, 5) is 43.7. The third-order valence-electron chi connectivity index (χ3n) is 7.94. The van der Waals surface area contributed by atoms with Crippen molar-refractivity contribution in [3.63, 3.8) is 0 Å². The third-order valence-corrected chi connectivity index (χ3v) is 7.94. The Morgan fingerprint density at radius 1 is 1.05 bits per heavy atom. The number of aromatic nitrogens is 2. The Hall–Kier alpha value is -4.08. The van der Waals surface area contributed by atoms with Gasteiger partial charge in [0.25, 0.3) is 0 Å². The molecule has 0 atom stereocenters. The maximum Gasteiger partial charge on any atom is 0.331 e. The highest BCUT2D eigenvalue weighted by atomic mass is 16.5. The Labute approximate surface area is 234 Å². The topological polar surface area (TPSA) is 96.7 Å². The van der Waals surface area contributed by atoms with Crippen LogP contribution in [0.25, 0.3) is 5.52 Å². The molecule has 2 aliphatic rings. The van der Waals surface area contributed by atoms with Crippen molar-refractivity contribution >= 4 is 29.0 Å². The number of ether oxygens (including phenoxy) is 2. The second-order valence-electron chi connectivity index (χ2n) is 10.9. The van der Waals surface area contributed by atoms with E-state index in [1.165, 1.54) is 10.5 Å². The zero-order chi connectivity index (χ0) is 28.4. The predicted molar refractivity (Wildman–Crippen MR) is 150 cm³/mol. The molecule has 0 bridgehead atoms. The molecule has 0 radical (unpaired) electrons. The maximum absolute atomic E-state index is 13.6. The van der Waals surface area contributed by atoms with Gasteiger partial charge in [-0.15, -0.1) is 0 Å². The number of pyridine rings is 1. The molecule has 0 N–H and O–H groups in total. The van der Waals surface area contributed by atoms with E-state index in [1.54, 1.807) is 42.0 Å². The average Bonchev–Trinajstić information content (AvgIpc) is 3.38. The Morgan fingerprint density at radius 3 is 2.52 bits per heavy atom. The number of likely N-dealkylation sites (tertiary alicyclic amines) is 1. The fraction of sp³-hybridized carbons (Fsp3) is 0.467. The summed E-state index contributed by atoms with van der Waals surface area (Å²) in [6.07, 6.45) is 6.69. The summed E-state index contributed by atoms with van der Waals surface area (Å²) < 4.78 is 12.5. The first-order valence-electron chi connectivity index (χ1n) is 13.9. The number of carbonyl (C=O) groups excluding carboxylic acids is 3. The van der Waals surface area contributed by atoms with Gasteiger partial charge in [-0.25, -0.2) is 9.31 Å². The number of fused-ring (bicyclic) bond motifs is 1. The minimum absolute atomic E-state index is 0.0289. The SMILES string of the molecule is COc1ccc(CN2C(=O)CCN(c3cnn4ccc(CC5CCN(C(=O)C(C)C)CC5)cc34)C2=O)c(OC)c1. The zero-order valence-electron chi connectivity index (χ0n) is 23.6. The highest BCUT2D eigenvalue weighted by Gasteiger charge is 2.35. The summed E-state index contributed by atoms with van der Waals surface area (Å²) in [5.41, 5.74) is 3.40. The van der Waals surface area contributed by atoms with Crippen LogP contribution in [0.15, 0.2) is 42.7 Å². The van der Waals surface area contributed by atoms with Crippen molar-refractivity contribution in [1.29, 1.82) is 0 Å². The van der Waals surface area contributed by atoms with Gasteiger partial charge in [0.15, 0.2) is 0 Å². The van der Waals surface area contributed by atoms with Crippen LogP contribution in [-0.4, -0.2) is 71.1 Å². The van der Waals surface area contributed by atoms with E-state index in [-0.39, 0.29) is 36.7 Å². The van der Waals surface area contributed by atoms with Crippen LogP contribution in [0.5, 0.6) is 11.5 Å². The number of piperidine rings is 1. The van der Waals surface area contributed by atoms with E-state index in [4.69, 9.17) is 9.47 Å². The molecule has 0 saturated carbocycles. The Balaban J connectivity index is 1.32. The minimum atomic E-state index is -0.378. The smallest absolute Gasteiger partial charge is 0.331 e. The largest absolute Gasteiger partial charge is 0.497 e. The second-order valence-corrected chi connectivity index (χ2v) is 10.9. The molecule has 2 fully saturated rings. The Morgan fingerprint density at radius 2 is 1.82 bits per heavy atom. The molecular weight excluding hydrogens is 510 g/mol. The molecule has 3 aromatic rings. The van der Waals surface area contributed by atoms with E-state index < -0.39 is 0 Å². The maximum atomic E-state index is 13.6. The number of hydrogen-bond donors (Lipinski definition) is 0. The second kappa shape index (κ2) is 11.6. The lowest BCUT2D eigenvalue weighted by Gasteiger charge is -2.34. The van der Waals surface area contributed by atoms with Crippen LogP contribution in [0.3, 0.4) is 0 Å². The summed E-state index contributed by atoms with van der Waals surface area (Å²) in [7, 11) is 3.12. The van der Waals surface area contributed by atoms with Crippen molar-refractivity contribution in [2.24, 2.45) is 11.8 Å². The molecule has 4 heterocycles. The van der Waals surface area contributed by atoms with E-state index in [0.717, 1.165) is 43.4 Å². The number of carbonyl (C=O) groups is 3. The molecular formula is C30H37N5O5. The number of anilines is 1. The lowest BCUT2D eigenvalue weighted by Crippen LogP contribution is -2.52. The van der Waals surface area contributed by atoms with Gasteiger partial charge in [-0.1, -0.05) is 13.8 Å². The number of benzene rings is 1. The highest BCUT2D eigenvalue weighted by molar-refractivity contribution is 6.07. The number of imide groups is 1. The van der Waals surface area contributed by atoms with Gasteiger partial charge in [0.2, 0.25) is 11.8 Å². The molecule has 4 amide bonds. The fourth-order valence-electron chi connectivity index (χ4n) is 5.62. The fourth-order valence-corrected chi connectivity index (χ4v) is 5.62. The van der Waals surface area contributed by atoms with E-state index in [2.05, 4.69) is 17.2 Å². The standard InChI is InChI=1S/C30H37N5O5/c1-20(2)29(37)32-11-7-21(8-12-32)15-22-9-14-35-25(16-22)26(18-31-35)33-13-10-28(36)34(30(33)38)19-23-5-6-24(39-3)17-27(23)40-4/h5-6,9,14,16-18,20-21H,7-8,10-13,15,19H2,1-4H3. The highest BCUT2D eigenvalue weighted by Crippen LogP contribution is 2.31. The summed E-state index contributed by atoms with van der Waals surface area (Å²) in [6.45, 7) is 5.89. The number of amides is 4. The summed E-state index contributed by atoms with van der Waals surface area (Å²) in [5.74, 6) is 1.72. The van der Waals surface area contributed by atoms with Gasteiger partial charge < -0.3 is 14.4 Å². The molecule has 2 aliphatic heterocycles. The van der Waals surface area contributed by atoms with Gasteiger partial charge in [0, 0.05) is 49.8 Å². The molecule has 0 unspecified atom stereocenters. The van der Waals surface area contributed by atoms with E-state index in [0.29, 0.717) is 29.6 Å². The summed E-state index contributed by atoms with van der Waals surface area (Å²) in [6, 6.07) is 9.12. The summed E-state index contributed by atoms with van der Waals surface area (Å²) in [5, 5.41) is 4.48. The van der Waals surface area contributed by atoms with Crippen molar-refractivity contribution in [3.8, 4) is 11.5 Å². The number of urea groups is 1. The molecule has 1 aromatic carbocycles. The first kappa shape index (κ1) is 27.5. The molecule has 10 nitrogen and oxygen atoms in total. The van der Waals surface area contributed by atoms with E-state index >= 15 is 0 Å². The molecule has 5 rings (SSSR count). The van der Waals surface area contributed by atoms with Gasteiger partial charge in [0.1, 0.15) is 11.5 Å². The molecule has 0 spiro atoms. The van der Waals surface area contributed by atoms with Crippen LogP contribution < -0.4 is 14.4 Å². The Kier molecular flexibility index (Phi) is 7.95. The average molecular weight is 548 g/mol. The van der Waals surface area contributed by atoms with Crippen molar-refractivity contribution < 1.29 is 23.9 Å². The number of hydrogen-bond acceptors (Lipinski definition) is 6. The molecule has 10 heteroatoms. The van der Waals surface area contributed by atoms with E-state index in [9.17, 15) is 14.4 Å². The van der Waals surface area contributed by atoms with Crippen LogP contribution in [0, 0.1) is 11.8 Å². The van der Waals surface area contributed by atoms with Gasteiger partial charge >= 0.3 is 6.03 Å². The number of methoxy groups -OCH3 is 2. The van der Waals surface area contributed by atoms with Gasteiger partial charge in [0.05, 0.1) is 38.2 Å². The van der Waals surface area contributed by atoms with Crippen molar-refractivity contribution in [2.75, 3.05) is 38.8 Å². The van der Waals surface area contributed by atoms with Gasteiger partial charge in [-0.2, -0.15) is 5.10 Å². The lowest BCUT2D eigenvalue weighted by molar-refractivity contribution is -0.135. The van der Waals surface area contributed by atoms with Crippen LogP contribution in [0.1, 0.15) is 44.2 Å². The minimum Gasteiger partial charge on any atom is -0.497 e. The molecule has 2 saturated heterocycles. The van der Waals surface area contributed by atoms with Gasteiger partial charge in [-0.3, -0.25) is 19.4 Å². The van der Waals surface area contributed by atoms with Crippen molar-refractivity contribution in [2.45, 2.75) is 46.1 Å². The Bertz CT molecular complexity index is 1410. The molecule has 212 valence electrons. The molecule has 0 aliphatic carbocycles. The van der Waals surface area contributed by atoms with Crippen LogP contribution in [0.2, 0.25) is 0 Å². The first-order valence-corrected chi connectivity index (χ1v) is 13.9. The summed E-state index contributed by atoms with van der Waals surface area (Å²) >= 11 is 0. The van der Waals surface area contributed by atoms with Crippen LogP contribution in [-0.2, 0) is 22.6 Å². The zero-order valence-corrected chi connectivity index (χ0v) is 23.6. The predicted octanol–water partition coefficient (Wildman–Crippen LogP) is 4.15. The monoisotopic (exact) mass is 547 g/mol. The molecule has 2 aromatic heterocycles. The van der Waals surface area contributed by atoms with Crippen molar-refractivity contribution in [3.05, 3.63) is 53.9 Å². The van der Waals surface area contributed by atoms with Gasteiger partial charge in [-0.05, 0) is 55.0 Å². The normalized spacial score (nSPS) is 16.8. The number of nitrogens with zero attached hydrogens (tertiary/aromatic N) is 5. The van der Waals surface area contributed by atoms with E-state index in [1.807, 2.05) is 31.0 Å². The quantitative estimate of drug-likeness (QED) is 0.421.